The first-order valence-electron chi connectivity index (χ1n) is 6.62. The minimum absolute atomic E-state index is 0.0568. The van der Waals surface area contributed by atoms with Gasteiger partial charge in [-0.25, -0.2) is 0 Å². The Morgan fingerprint density at radius 1 is 1.56 bits per heavy atom. The number of rotatable bonds is 4. The van der Waals surface area contributed by atoms with Gasteiger partial charge in [0.05, 0.1) is 0 Å². The number of anilines is 1. The summed E-state index contributed by atoms with van der Waals surface area (Å²) >= 11 is 0. The topological polar surface area (TPSA) is 65.4 Å². The molecule has 18 heavy (non-hydrogen) atoms. The number of likely N-dealkylation sites (N-methyl/N-ethyl adjacent to an activating group) is 1. The Bertz CT molecular complexity index is 411. The Kier molecular flexibility index (Phi) is 3.91. The van der Waals surface area contributed by atoms with Gasteiger partial charge in [0.1, 0.15) is 5.69 Å². The van der Waals surface area contributed by atoms with Crippen molar-refractivity contribution >= 4 is 11.6 Å². The lowest BCUT2D eigenvalue weighted by Crippen LogP contribution is -2.38. The summed E-state index contributed by atoms with van der Waals surface area (Å²) in [6.45, 7) is 8.06. The Morgan fingerprint density at radius 3 is 2.83 bits per heavy atom. The molecule has 0 spiro atoms. The quantitative estimate of drug-likeness (QED) is 0.842. The number of H-pyrrole nitrogens is 1. The van der Waals surface area contributed by atoms with Crippen LogP contribution in [0.4, 0.5) is 5.69 Å². The van der Waals surface area contributed by atoms with Gasteiger partial charge in [0, 0.05) is 31.0 Å². The predicted molar refractivity (Wildman–Crippen MR) is 72.4 cm³/mol. The van der Waals surface area contributed by atoms with E-state index in [9.17, 15) is 4.79 Å². The van der Waals surface area contributed by atoms with Crippen LogP contribution in [0, 0.1) is 0 Å². The number of aromatic nitrogens is 1. The first-order valence-corrected chi connectivity index (χ1v) is 6.62. The van der Waals surface area contributed by atoms with Gasteiger partial charge in [0.2, 0.25) is 0 Å². The molecule has 1 aliphatic rings. The van der Waals surface area contributed by atoms with Crippen molar-refractivity contribution in [1.29, 1.82) is 0 Å². The third kappa shape index (κ3) is 2.51. The summed E-state index contributed by atoms with van der Waals surface area (Å²) in [6, 6.07) is 2.20. The monoisotopic (exact) mass is 250 g/mol. The number of nitrogen functional groups attached to an aromatic ring is 1. The van der Waals surface area contributed by atoms with Crippen LogP contribution in [0.1, 0.15) is 30.8 Å². The number of carbonyl (C=O) groups is 1. The summed E-state index contributed by atoms with van der Waals surface area (Å²) in [5.41, 5.74) is 6.82. The molecule has 100 valence electrons. The van der Waals surface area contributed by atoms with Crippen LogP contribution in [0.5, 0.6) is 0 Å². The second-order valence-electron chi connectivity index (χ2n) is 4.76. The van der Waals surface area contributed by atoms with Crippen molar-refractivity contribution < 1.29 is 4.79 Å². The minimum atomic E-state index is 0.0568. The highest BCUT2D eigenvalue weighted by molar-refractivity contribution is 5.93. The number of hydrogen-bond acceptors (Lipinski definition) is 3. The van der Waals surface area contributed by atoms with Gasteiger partial charge in [-0.2, -0.15) is 0 Å². The van der Waals surface area contributed by atoms with Crippen molar-refractivity contribution in [2.24, 2.45) is 0 Å². The molecule has 0 aliphatic carbocycles. The first kappa shape index (κ1) is 13.0. The number of hydrogen-bond donors (Lipinski definition) is 2. The molecule has 0 radical (unpaired) electrons. The van der Waals surface area contributed by atoms with Crippen molar-refractivity contribution in [2.75, 3.05) is 31.9 Å². The molecular formula is C13H22N4O. The highest BCUT2D eigenvalue weighted by Crippen LogP contribution is 2.18. The highest BCUT2D eigenvalue weighted by Gasteiger charge is 2.30. The summed E-state index contributed by atoms with van der Waals surface area (Å²) in [5.74, 6) is 0.0568. The number of nitrogens with one attached hydrogen (secondary N) is 1. The lowest BCUT2D eigenvalue weighted by atomic mass is 10.2. The summed E-state index contributed by atoms with van der Waals surface area (Å²) in [4.78, 5) is 19.5. The van der Waals surface area contributed by atoms with Crippen LogP contribution in [0.3, 0.4) is 0 Å². The van der Waals surface area contributed by atoms with Gasteiger partial charge in [-0.15, -0.1) is 0 Å². The minimum Gasteiger partial charge on any atom is -0.397 e. The van der Waals surface area contributed by atoms with E-state index in [4.69, 9.17) is 5.73 Å². The first-order chi connectivity index (χ1) is 8.65. The summed E-state index contributed by atoms with van der Waals surface area (Å²) in [5, 5.41) is 0. The summed E-state index contributed by atoms with van der Waals surface area (Å²) in [7, 11) is 0. The maximum atomic E-state index is 12.2. The van der Waals surface area contributed by atoms with E-state index < -0.39 is 0 Å². The fourth-order valence-corrected chi connectivity index (χ4v) is 2.67. The number of likely N-dealkylation sites (tertiary alicyclic amines) is 1. The maximum absolute atomic E-state index is 12.2. The van der Waals surface area contributed by atoms with Gasteiger partial charge < -0.3 is 15.6 Å². The molecule has 1 fully saturated rings. The van der Waals surface area contributed by atoms with Gasteiger partial charge >= 0.3 is 0 Å². The van der Waals surface area contributed by atoms with Crippen molar-refractivity contribution in [1.82, 2.24) is 14.8 Å². The molecule has 1 aliphatic heterocycles. The average Bonchev–Trinajstić information content (AvgIpc) is 2.99. The second kappa shape index (κ2) is 5.44. The van der Waals surface area contributed by atoms with Gasteiger partial charge in [0.15, 0.2) is 0 Å². The van der Waals surface area contributed by atoms with Crippen molar-refractivity contribution in [3.05, 3.63) is 18.0 Å². The molecule has 0 aromatic carbocycles. The van der Waals surface area contributed by atoms with Gasteiger partial charge in [-0.3, -0.25) is 9.69 Å². The molecule has 2 rings (SSSR count). The van der Waals surface area contributed by atoms with Crippen molar-refractivity contribution in [3.63, 3.8) is 0 Å². The Hall–Kier alpha value is -1.49. The van der Waals surface area contributed by atoms with Crippen molar-refractivity contribution in [3.8, 4) is 0 Å². The van der Waals surface area contributed by atoms with Crippen LogP contribution in [-0.4, -0.2) is 52.9 Å². The molecule has 1 amide bonds. The third-order valence-corrected chi connectivity index (χ3v) is 3.72. The molecule has 1 atom stereocenters. The lowest BCUT2D eigenvalue weighted by Gasteiger charge is -2.26. The van der Waals surface area contributed by atoms with Crippen molar-refractivity contribution in [2.45, 2.75) is 26.3 Å². The molecule has 3 N–H and O–H groups in total. The molecule has 1 aromatic heterocycles. The summed E-state index contributed by atoms with van der Waals surface area (Å²) < 4.78 is 0. The SMILES string of the molecule is CCN(CC)C1CCN(C(=O)c2cc(N)c[nH]2)C1. The predicted octanol–water partition coefficient (Wildman–Crippen LogP) is 1.15. The number of amides is 1. The Balaban J connectivity index is 1.98. The lowest BCUT2D eigenvalue weighted by molar-refractivity contribution is 0.0773. The molecule has 1 aromatic rings. The van der Waals surface area contributed by atoms with Crippen LogP contribution in [0.2, 0.25) is 0 Å². The van der Waals surface area contributed by atoms with Gasteiger partial charge in [0.25, 0.3) is 5.91 Å². The Labute approximate surface area is 108 Å². The average molecular weight is 250 g/mol. The van der Waals surface area contributed by atoms with E-state index >= 15 is 0 Å². The number of nitrogens with zero attached hydrogens (tertiary/aromatic N) is 2. The molecule has 0 bridgehead atoms. The Morgan fingerprint density at radius 2 is 2.28 bits per heavy atom. The normalized spacial score (nSPS) is 19.7. The van der Waals surface area contributed by atoms with Crippen LogP contribution in [-0.2, 0) is 0 Å². The van der Waals surface area contributed by atoms with Gasteiger partial charge in [-0.1, -0.05) is 13.8 Å². The second-order valence-corrected chi connectivity index (χ2v) is 4.76. The van der Waals surface area contributed by atoms with Crippen LogP contribution >= 0.6 is 0 Å². The third-order valence-electron chi connectivity index (χ3n) is 3.72. The van der Waals surface area contributed by atoms with E-state index in [0.717, 1.165) is 32.6 Å². The maximum Gasteiger partial charge on any atom is 0.270 e. The molecule has 1 unspecified atom stereocenters. The molecule has 2 heterocycles. The van der Waals surface area contributed by atoms with E-state index in [1.807, 2.05) is 4.90 Å². The summed E-state index contributed by atoms with van der Waals surface area (Å²) in [6.07, 6.45) is 2.72. The fraction of sp³-hybridized carbons (Fsp3) is 0.615. The van der Waals surface area contributed by atoms with E-state index in [1.165, 1.54) is 0 Å². The molecule has 5 heteroatoms. The van der Waals surface area contributed by atoms with Crippen LogP contribution in [0.15, 0.2) is 12.3 Å². The highest BCUT2D eigenvalue weighted by atomic mass is 16.2. The van der Waals surface area contributed by atoms with E-state index in [1.54, 1.807) is 12.3 Å². The number of nitrogens with two attached hydrogens (primary N) is 1. The smallest absolute Gasteiger partial charge is 0.270 e. The molecule has 0 saturated carbocycles. The molecule has 5 nitrogen and oxygen atoms in total. The van der Waals surface area contributed by atoms with E-state index in [0.29, 0.717) is 17.4 Å². The van der Waals surface area contributed by atoms with E-state index in [-0.39, 0.29) is 5.91 Å². The zero-order chi connectivity index (χ0) is 13.1. The zero-order valence-corrected chi connectivity index (χ0v) is 11.1. The van der Waals surface area contributed by atoms with Gasteiger partial charge in [-0.05, 0) is 25.6 Å². The fourth-order valence-electron chi connectivity index (χ4n) is 2.67. The standard InChI is InChI=1S/C13H22N4O/c1-3-16(4-2)11-5-6-17(9-11)13(18)12-7-10(14)8-15-12/h7-8,11,15H,3-6,9,14H2,1-2H3. The van der Waals surface area contributed by atoms with Crippen LogP contribution in [0.25, 0.3) is 0 Å². The molecular weight excluding hydrogens is 228 g/mol. The largest absolute Gasteiger partial charge is 0.397 e. The van der Waals surface area contributed by atoms with Crippen LogP contribution < -0.4 is 5.73 Å². The number of carbonyl (C=O) groups excluding carboxylic acids is 1. The number of aromatic amines is 1. The molecule has 1 saturated heterocycles. The van der Waals surface area contributed by atoms with E-state index in [2.05, 4.69) is 23.7 Å². The zero-order valence-electron chi connectivity index (χ0n) is 11.1.